The van der Waals surface area contributed by atoms with E-state index < -0.39 is 10.8 Å². The molecule has 12 aromatic rings. The third-order valence-electron chi connectivity index (χ3n) is 16.8. The molecular weight excluding hydrogens is 899 g/mol. The van der Waals surface area contributed by atoms with Crippen molar-refractivity contribution in [3.05, 3.63) is 316 Å². The Labute approximate surface area is 431 Å². The average molecular weight is 948 g/mol. The molecule has 0 saturated heterocycles. The molecule has 1 spiro atoms. The van der Waals surface area contributed by atoms with Gasteiger partial charge in [0.2, 0.25) is 0 Å². The van der Waals surface area contributed by atoms with E-state index in [4.69, 9.17) is 0 Å². The first-order valence-electron chi connectivity index (χ1n) is 25.6. The molecule has 0 atom stereocenters. The van der Waals surface area contributed by atoms with Crippen LogP contribution in [0.1, 0.15) is 69.5 Å². The van der Waals surface area contributed by atoms with Crippen molar-refractivity contribution >= 4 is 48.6 Å². The highest BCUT2D eigenvalue weighted by Crippen LogP contribution is 2.65. The van der Waals surface area contributed by atoms with E-state index in [0.29, 0.717) is 0 Å². The quantitative estimate of drug-likeness (QED) is 0.161. The Bertz CT molecular complexity index is 4090. The zero-order valence-electron chi connectivity index (χ0n) is 40.7. The van der Waals surface area contributed by atoms with Gasteiger partial charge in [-0.1, -0.05) is 220 Å². The van der Waals surface area contributed by atoms with Gasteiger partial charge in [0.15, 0.2) is 0 Å². The Kier molecular flexibility index (Phi) is 9.08. The van der Waals surface area contributed by atoms with Crippen LogP contribution in [0.4, 0.5) is 17.1 Å². The molecule has 3 aliphatic rings. The van der Waals surface area contributed by atoms with E-state index in [0.717, 1.165) is 17.1 Å². The van der Waals surface area contributed by atoms with Gasteiger partial charge in [-0.25, -0.2) is 0 Å². The number of nitrogens with zero attached hydrogens (tertiary/aromatic N) is 1. The highest BCUT2D eigenvalue weighted by Gasteiger charge is 2.56. The van der Waals surface area contributed by atoms with Gasteiger partial charge in [0, 0.05) is 42.6 Å². The summed E-state index contributed by atoms with van der Waals surface area (Å²) < 4.78 is 2.62. The molecule has 11 aromatic carbocycles. The summed E-state index contributed by atoms with van der Waals surface area (Å²) in [5.41, 5.74) is 23.0. The van der Waals surface area contributed by atoms with Crippen LogP contribution < -0.4 is 4.90 Å². The Morgan fingerprint density at radius 1 is 0.288 bits per heavy atom. The molecule has 0 radical (unpaired) electrons. The number of fused-ring (bicyclic) bond motifs is 15. The Morgan fingerprint density at radius 3 is 1.41 bits per heavy atom. The summed E-state index contributed by atoms with van der Waals surface area (Å²) in [7, 11) is 0. The van der Waals surface area contributed by atoms with E-state index in [1.54, 1.807) is 0 Å². The number of hydrogen-bond donors (Lipinski definition) is 0. The van der Waals surface area contributed by atoms with Crippen LogP contribution in [0.3, 0.4) is 0 Å². The minimum atomic E-state index is -0.565. The second-order valence-corrected chi connectivity index (χ2v) is 21.8. The summed E-state index contributed by atoms with van der Waals surface area (Å²) in [5, 5.41) is 2.59. The number of rotatable bonds is 6. The largest absolute Gasteiger partial charge is 0.310 e. The second kappa shape index (κ2) is 15.7. The minimum absolute atomic E-state index is 0.125. The van der Waals surface area contributed by atoms with Gasteiger partial charge in [0.1, 0.15) is 0 Å². The fourth-order valence-corrected chi connectivity index (χ4v) is 14.8. The Balaban J connectivity index is 0.909. The third-order valence-corrected chi connectivity index (χ3v) is 18.0. The van der Waals surface area contributed by atoms with E-state index in [1.165, 1.54) is 109 Å². The first-order valence-corrected chi connectivity index (χ1v) is 26.4. The van der Waals surface area contributed by atoms with E-state index in [1.807, 2.05) is 11.3 Å². The molecule has 1 heterocycles. The molecule has 0 amide bonds. The van der Waals surface area contributed by atoms with Crippen LogP contribution in [0, 0.1) is 0 Å². The Hall–Kier alpha value is -8.56. The van der Waals surface area contributed by atoms with Gasteiger partial charge < -0.3 is 4.90 Å². The van der Waals surface area contributed by atoms with Crippen molar-refractivity contribution in [2.75, 3.05) is 4.90 Å². The van der Waals surface area contributed by atoms with Crippen molar-refractivity contribution in [2.24, 2.45) is 0 Å². The summed E-state index contributed by atoms with van der Waals surface area (Å²) in [5.74, 6) is 0. The third kappa shape index (κ3) is 5.79. The molecule has 0 unspecified atom stereocenters. The zero-order valence-corrected chi connectivity index (χ0v) is 41.5. The van der Waals surface area contributed by atoms with E-state index in [2.05, 4.69) is 280 Å². The lowest BCUT2D eigenvalue weighted by atomic mass is 9.51. The van der Waals surface area contributed by atoms with Crippen molar-refractivity contribution in [3.63, 3.8) is 0 Å². The smallest absolute Gasteiger partial charge is 0.0720 e. The number of anilines is 3. The van der Waals surface area contributed by atoms with Crippen LogP contribution in [0.25, 0.3) is 53.6 Å². The molecule has 2 heteroatoms. The summed E-state index contributed by atoms with van der Waals surface area (Å²) in [6.45, 7) is 4.74. The SMILES string of the molecule is CC1(C)c2ccccc2-c2ccc(N(c3ccc(-c4ccc5c(c4)C4(c6ccccc6-5)c5ccccc5C(c5ccccc5)(c5ccccc5)c5ccccc54)cc3)c3ccc4sc5ccccc5c4c3)cc21. The molecule has 0 saturated carbocycles. The maximum absolute atomic E-state index is 2.52. The fourth-order valence-electron chi connectivity index (χ4n) is 13.7. The highest BCUT2D eigenvalue weighted by molar-refractivity contribution is 7.25. The fraction of sp³-hybridized carbons (Fsp3) is 0.0704. The molecule has 0 fully saturated rings. The van der Waals surface area contributed by atoms with Gasteiger partial charge in [0.25, 0.3) is 0 Å². The standard InChI is InChI=1S/C71H49NS/c1-69(2)59-26-12-9-23-53(59)55-41-38-52(45-65(55)69)72(51-39-42-68-58(44-51)57-25-11-18-32-67(57)73-68)50-36-33-46(34-37-50)47-35-40-56-54-24-10-13-27-60(54)71(66(56)43-47)63-30-16-14-28-61(63)70(48-19-5-3-6-20-48,49-21-7-4-8-22-49)62-29-15-17-31-64(62)71/h3-45H,1-2H3. The van der Waals surface area contributed by atoms with Crippen molar-refractivity contribution < 1.29 is 0 Å². The molecule has 3 aliphatic carbocycles. The van der Waals surface area contributed by atoms with Crippen LogP contribution in [0.5, 0.6) is 0 Å². The van der Waals surface area contributed by atoms with E-state index in [9.17, 15) is 0 Å². The Morgan fingerprint density at radius 2 is 0.740 bits per heavy atom. The van der Waals surface area contributed by atoms with Crippen molar-refractivity contribution in [1.29, 1.82) is 0 Å². The predicted molar refractivity (Wildman–Crippen MR) is 306 cm³/mol. The first kappa shape index (κ1) is 42.2. The lowest BCUT2D eigenvalue weighted by molar-refractivity contribution is 0.624. The average Bonchev–Trinajstić information content (AvgIpc) is 4.05. The molecular formula is C71H49NS. The van der Waals surface area contributed by atoms with Crippen molar-refractivity contribution in [2.45, 2.75) is 30.1 Å². The lowest BCUT2D eigenvalue weighted by Crippen LogP contribution is -2.44. The predicted octanol–water partition coefficient (Wildman–Crippen LogP) is 18.6. The van der Waals surface area contributed by atoms with Crippen LogP contribution in [0.15, 0.2) is 261 Å². The molecule has 0 aliphatic heterocycles. The monoisotopic (exact) mass is 947 g/mol. The van der Waals surface area contributed by atoms with Gasteiger partial charge in [0.05, 0.1) is 10.8 Å². The normalized spacial score (nSPS) is 14.8. The number of benzene rings is 11. The summed E-state index contributed by atoms with van der Waals surface area (Å²) in [6, 6.07) is 98.6. The van der Waals surface area contributed by atoms with Crippen LogP contribution in [-0.4, -0.2) is 0 Å². The molecule has 0 N–H and O–H groups in total. The lowest BCUT2D eigenvalue weighted by Gasteiger charge is -2.50. The van der Waals surface area contributed by atoms with E-state index in [-0.39, 0.29) is 5.41 Å². The molecule has 344 valence electrons. The van der Waals surface area contributed by atoms with Gasteiger partial charge in [-0.3, -0.25) is 0 Å². The van der Waals surface area contributed by atoms with Gasteiger partial charge in [-0.15, -0.1) is 11.3 Å². The summed E-state index contributed by atoms with van der Waals surface area (Å²) >= 11 is 1.87. The molecule has 1 aromatic heterocycles. The molecule has 73 heavy (non-hydrogen) atoms. The van der Waals surface area contributed by atoms with Crippen molar-refractivity contribution in [1.82, 2.24) is 0 Å². The molecule has 1 nitrogen and oxygen atoms in total. The number of hydrogen-bond acceptors (Lipinski definition) is 2. The van der Waals surface area contributed by atoms with Gasteiger partial charge in [-0.2, -0.15) is 0 Å². The maximum atomic E-state index is 2.52. The molecule has 15 rings (SSSR count). The zero-order chi connectivity index (χ0) is 48.5. The first-order chi connectivity index (χ1) is 36.0. The second-order valence-electron chi connectivity index (χ2n) is 20.7. The van der Waals surface area contributed by atoms with Gasteiger partial charge in [-0.05, 0) is 144 Å². The van der Waals surface area contributed by atoms with Gasteiger partial charge >= 0.3 is 0 Å². The summed E-state index contributed by atoms with van der Waals surface area (Å²) in [4.78, 5) is 2.46. The van der Waals surface area contributed by atoms with Crippen LogP contribution in [-0.2, 0) is 16.2 Å². The highest BCUT2D eigenvalue weighted by atomic mass is 32.1. The molecule has 0 bridgehead atoms. The maximum Gasteiger partial charge on any atom is 0.0720 e. The van der Waals surface area contributed by atoms with E-state index >= 15 is 0 Å². The van der Waals surface area contributed by atoms with Crippen LogP contribution >= 0.6 is 11.3 Å². The topological polar surface area (TPSA) is 3.24 Å². The van der Waals surface area contributed by atoms with Crippen molar-refractivity contribution in [3.8, 4) is 33.4 Å². The minimum Gasteiger partial charge on any atom is -0.310 e. The summed E-state index contributed by atoms with van der Waals surface area (Å²) in [6.07, 6.45) is 0. The number of thiophene rings is 1. The van der Waals surface area contributed by atoms with Crippen LogP contribution in [0.2, 0.25) is 0 Å².